The van der Waals surface area contributed by atoms with E-state index in [1.165, 1.54) is 42.7 Å². The maximum absolute atomic E-state index is 13.0. The predicted molar refractivity (Wildman–Crippen MR) is 114 cm³/mol. The van der Waals surface area contributed by atoms with Crippen LogP contribution in [0.2, 0.25) is 0 Å². The van der Waals surface area contributed by atoms with E-state index in [9.17, 15) is 23.3 Å². The van der Waals surface area contributed by atoms with Gasteiger partial charge >= 0.3 is 5.69 Å². The Kier molecular flexibility index (Phi) is 6.84. The summed E-state index contributed by atoms with van der Waals surface area (Å²) in [6, 6.07) is 8.32. The number of hydrogen-bond donors (Lipinski definition) is 0. The van der Waals surface area contributed by atoms with Gasteiger partial charge in [0, 0.05) is 43.9 Å². The molecule has 0 N–H and O–H groups in total. The predicted octanol–water partition coefficient (Wildman–Crippen LogP) is 1.77. The van der Waals surface area contributed by atoms with Gasteiger partial charge in [0.05, 0.1) is 31.1 Å². The summed E-state index contributed by atoms with van der Waals surface area (Å²) in [6.45, 7) is 0.426. The van der Waals surface area contributed by atoms with Crippen molar-refractivity contribution < 1.29 is 32.3 Å². The molecule has 0 spiro atoms. The van der Waals surface area contributed by atoms with Crippen molar-refractivity contribution in [3.63, 3.8) is 0 Å². The number of hydrogen-bond acceptors (Lipinski definition) is 8. The topological polar surface area (TPSA) is 129 Å². The van der Waals surface area contributed by atoms with E-state index in [1.807, 2.05) is 0 Å². The Bertz CT molecular complexity index is 1110. The Hall–Kier alpha value is -3.38. The van der Waals surface area contributed by atoms with Gasteiger partial charge in [0.15, 0.2) is 5.75 Å². The van der Waals surface area contributed by atoms with Gasteiger partial charge in [-0.1, -0.05) is 0 Å². The van der Waals surface area contributed by atoms with E-state index in [2.05, 4.69) is 0 Å². The number of nitro groups is 1. The lowest BCUT2D eigenvalue weighted by Crippen LogP contribution is -2.50. The van der Waals surface area contributed by atoms with Crippen LogP contribution in [0.3, 0.4) is 0 Å². The summed E-state index contributed by atoms with van der Waals surface area (Å²) in [5.41, 5.74) is -0.0716. The van der Waals surface area contributed by atoms with E-state index in [0.717, 1.165) is 6.07 Å². The standard InChI is InChI=1S/C20H23N3O8S/c1-29-15-10-14(11-16(12-15)30-2)20(24)21-6-8-22(9-7-21)32(27,28)17-4-5-19(31-3)18(13-17)23(25)26/h4-5,10-13H,6-9H2,1-3H3. The number of nitrogens with zero attached hydrogens (tertiary/aromatic N) is 3. The molecule has 2 aromatic carbocycles. The van der Waals surface area contributed by atoms with E-state index < -0.39 is 20.6 Å². The molecule has 1 aliphatic heterocycles. The summed E-state index contributed by atoms with van der Waals surface area (Å²) in [5, 5.41) is 11.2. The van der Waals surface area contributed by atoms with Crippen molar-refractivity contribution in [2.75, 3.05) is 47.5 Å². The van der Waals surface area contributed by atoms with Crippen LogP contribution in [0, 0.1) is 10.1 Å². The minimum absolute atomic E-state index is 0.0296. The van der Waals surface area contributed by atoms with Crippen LogP contribution in [0.15, 0.2) is 41.3 Å². The summed E-state index contributed by atoms with van der Waals surface area (Å²) < 4.78 is 42.5. The molecule has 0 aromatic heterocycles. The molecule has 3 rings (SSSR count). The molecule has 0 unspecified atom stereocenters. The molecule has 172 valence electrons. The Morgan fingerprint density at radius 1 is 0.938 bits per heavy atom. The third-order valence-corrected chi connectivity index (χ3v) is 7.00. The third kappa shape index (κ3) is 4.60. The number of piperazine rings is 1. The van der Waals surface area contributed by atoms with Crippen molar-refractivity contribution in [1.29, 1.82) is 0 Å². The number of ether oxygens (including phenoxy) is 3. The van der Waals surface area contributed by atoms with Crippen LogP contribution in [0.5, 0.6) is 17.2 Å². The summed E-state index contributed by atoms with van der Waals surface area (Å²) >= 11 is 0. The maximum Gasteiger partial charge on any atom is 0.312 e. The molecule has 1 heterocycles. The van der Waals surface area contributed by atoms with Crippen LogP contribution in [0.25, 0.3) is 0 Å². The molecule has 0 bridgehead atoms. The Morgan fingerprint density at radius 3 is 2.03 bits per heavy atom. The zero-order chi connectivity index (χ0) is 23.5. The molecule has 32 heavy (non-hydrogen) atoms. The molecule has 1 fully saturated rings. The lowest BCUT2D eigenvalue weighted by atomic mass is 10.1. The molecule has 0 saturated carbocycles. The van der Waals surface area contributed by atoms with E-state index in [-0.39, 0.29) is 42.7 Å². The van der Waals surface area contributed by atoms with E-state index in [4.69, 9.17) is 14.2 Å². The fraction of sp³-hybridized carbons (Fsp3) is 0.350. The number of sulfonamides is 1. The molecule has 1 amide bonds. The third-order valence-electron chi connectivity index (χ3n) is 5.11. The van der Waals surface area contributed by atoms with Crippen LogP contribution >= 0.6 is 0 Å². The number of benzene rings is 2. The monoisotopic (exact) mass is 465 g/mol. The van der Waals surface area contributed by atoms with Crippen LogP contribution < -0.4 is 14.2 Å². The van der Waals surface area contributed by atoms with Crippen molar-refractivity contribution in [3.8, 4) is 17.2 Å². The number of amides is 1. The van der Waals surface area contributed by atoms with E-state index in [1.54, 1.807) is 18.2 Å². The largest absolute Gasteiger partial charge is 0.497 e. The second kappa shape index (κ2) is 9.40. The van der Waals surface area contributed by atoms with Crippen LogP contribution in [-0.4, -0.2) is 76.0 Å². The fourth-order valence-electron chi connectivity index (χ4n) is 3.37. The van der Waals surface area contributed by atoms with Gasteiger partial charge in [-0.15, -0.1) is 0 Å². The van der Waals surface area contributed by atoms with Gasteiger partial charge in [0.2, 0.25) is 10.0 Å². The lowest BCUT2D eigenvalue weighted by Gasteiger charge is -2.34. The average Bonchev–Trinajstić information content (AvgIpc) is 2.82. The highest BCUT2D eigenvalue weighted by Gasteiger charge is 2.32. The Morgan fingerprint density at radius 2 is 1.53 bits per heavy atom. The smallest absolute Gasteiger partial charge is 0.312 e. The zero-order valence-electron chi connectivity index (χ0n) is 17.8. The highest BCUT2D eigenvalue weighted by atomic mass is 32.2. The van der Waals surface area contributed by atoms with Crippen LogP contribution in [0.4, 0.5) is 5.69 Å². The molecule has 2 aromatic rings. The highest BCUT2D eigenvalue weighted by molar-refractivity contribution is 7.89. The number of carbonyl (C=O) groups is 1. The molecule has 11 nitrogen and oxygen atoms in total. The summed E-state index contributed by atoms with van der Waals surface area (Å²) in [5.74, 6) is 0.627. The van der Waals surface area contributed by atoms with Gasteiger partial charge in [0.25, 0.3) is 5.91 Å². The van der Waals surface area contributed by atoms with Gasteiger partial charge < -0.3 is 19.1 Å². The molecular weight excluding hydrogens is 442 g/mol. The molecular formula is C20H23N3O8S. The van der Waals surface area contributed by atoms with Crippen molar-refractivity contribution in [2.24, 2.45) is 0 Å². The van der Waals surface area contributed by atoms with Crippen molar-refractivity contribution in [2.45, 2.75) is 4.90 Å². The zero-order valence-corrected chi connectivity index (χ0v) is 18.6. The van der Waals surface area contributed by atoms with Crippen LogP contribution in [0.1, 0.15) is 10.4 Å². The summed E-state index contributed by atoms with van der Waals surface area (Å²) in [4.78, 5) is 24.8. The van der Waals surface area contributed by atoms with E-state index in [0.29, 0.717) is 17.1 Å². The van der Waals surface area contributed by atoms with Gasteiger partial charge in [-0.25, -0.2) is 8.42 Å². The first-order chi connectivity index (χ1) is 15.2. The average molecular weight is 465 g/mol. The lowest BCUT2D eigenvalue weighted by molar-refractivity contribution is -0.386. The van der Waals surface area contributed by atoms with Crippen molar-refractivity contribution in [3.05, 3.63) is 52.1 Å². The van der Waals surface area contributed by atoms with Crippen molar-refractivity contribution in [1.82, 2.24) is 9.21 Å². The second-order valence-electron chi connectivity index (χ2n) is 6.89. The van der Waals surface area contributed by atoms with Crippen LogP contribution in [-0.2, 0) is 10.0 Å². The minimum Gasteiger partial charge on any atom is -0.497 e. The Labute approximate surface area is 185 Å². The summed E-state index contributed by atoms with van der Waals surface area (Å²) in [7, 11) is 0.250. The molecule has 0 aliphatic carbocycles. The quantitative estimate of drug-likeness (QED) is 0.447. The normalized spacial score (nSPS) is 14.7. The number of nitro benzene ring substituents is 1. The van der Waals surface area contributed by atoms with Gasteiger partial charge in [-0.2, -0.15) is 4.31 Å². The fourth-order valence-corrected chi connectivity index (χ4v) is 4.81. The van der Waals surface area contributed by atoms with Gasteiger partial charge in [-0.3, -0.25) is 14.9 Å². The first-order valence-electron chi connectivity index (χ1n) is 9.56. The van der Waals surface area contributed by atoms with Gasteiger partial charge in [0.1, 0.15) is 11.5 Å². The number of rotatable bonds is 7. The summed E-state index contributed by atoms with van der Waals surface area (Å²) in [6.07, 6.45) is 0. The van der Waals surface area contributed by atoms with E-state index >= 15 is 0 Å². The first kappa shape index (κ1) is 23.3. The molecule has 1 saturated heterocycles. The maximum atomic E-state index is 13.0. The molecule has 1 aliphatic rings. The molecule has 0 atom stereocenters. The molecule has 0 radical (unpaired) electrons. The number of methoxy groups -OCH3 is 3. The SMILES string of the molecule is COc1cc(OC)cc(C(=O)N2CCN(S(=O)(=O)c3ccc(OC)c([N+](=O)[O-])c3)CC2)c1. The first-order valence-corrected chi connectivity index (χ1v) is 11.0. The Balaban J connectivity index is 1.76. The van der Waals surface area contributed by atoms with Crippen molar-refractivity contribution >= 4 is 21.6 Å². The minimum atomic E-state index is -3.98. The number of carbonyl (C=O) groups excluding carboxylic acids is 1. The van der Waals surface area contributed by atoms with Gasteiger partial charge in [-0.05, 0) is 24.3 Å². The molecule has 12 heteroatoms. The highest BCUT2D eigenvalue weighted by Crippen LogP contribution is 2.31. The second-order valence-corrected chi connectivity index (χ2v) is 8.83.